The maximum absolute atomic E-state index is 13.1. The number of aromatic nitrogens is 2. The Kier molecular flexibility index (Phi) is 5.57. The van der Waals surface area contributed by atoms with Gasteiger partial charge in [-0.15, -0.1) is 0 Å². The van der Waals surface area contributed by atoms with Gasteiger partial charge in [0.15, 0.2) is 10.8 Å². The summed E-state index contributed by atoms with van der Waals surface area (Å²) in [6.07, 6.45) is -2.99. The molecule has 0 saturated heterocycles. The lowest BCUT2D eigenvalue weighted by atomic mass is 10.1. The lowest BCUT2D eigenvalue weighted by Crippen LogP contribution is -2.46. The van der Waals surface area contributed by atoms with Crippen molar-refractivity contribution in [1.29, 1.82) is 0 Å². The fourth-order valence-electron chi connectivity index (χ4n) is 3.36. The quantitative estimate of drug-likeness (QED) is 0.406. The molecule has 31 heavy (non-hydrogen) atoms. The van der Waals surface area contributed by atoms with E-state index < -0.39 is 23.8 Å². The molecule has 1 aliphatic carbocycles. The summed E-state index contributed by atoms with van der Waals surface area (Å²) in [6, 6.07) is 13.5. The molecule has 0 spiro atoms. The Morgan fingerprint density at radius 1 is 1.16 bits per heavy atom. The number of fused-ring (bicyclic) bond motifs is 1. The number of rotatable bonds is 4. The van der Waals surface area contributed by atoms with E-state index in [1.54, 1.807) is 0 Å². The minimum absolute atomic E-state index is 0.000846. The molecule has 3 aromatic rings. The highest BCUT2D eigenvalue weighted by atomic mass is 32.1. The Balaban J connectivity index is 1.42. The van der Waals surface area contributed by atoms with Crippen LogP contribution in [-0.2, 0) is 11.0 Å². The molecular formula is C21H20F3N5OS. The molecule has 162 valence electrons. The van der Waals surface area contributed by atoms with E-state index in [1.807, 2.05) is 42.5 Å². The molecule has 1 aliphatic rings. The van der Waals surface area contributed by atoms with E-state index in [0.29, 0.717) is 5.69 Å². The van der Waals surface area contributed by atoms with Crippen molar-refractivity contribution in [3.8, 4) is 0 Å². The molecule has 0 aliphatic heterocycles. The number of carbonyl (C=O) groups is 1. The largest absolute Gasteiger partial charge is 0.435 e. The Labute approximate surface area is 181 Å². The average Bonchev–Trinajstić information content (AvgIpc) is 3.48. The summed E-state index contributed by atoms with van der Waals surface area (Å²) in [5, 5.41) is 8.80. The summed E-state index contributed by atoms with van der Waals surface area (Å²) in [5.74, 6) is -0.554. The molecule has 1 amide bonds. The third-order valence-corrected chi connectivity index (χ3v) is 5.34. The van der Waals surface area contributed by atoms with Crippen molar-refractivity contribution in [1.82, 2.24) is 20.6 Å². The molecule has 1 atom stereocenters. The first kappa shape index (κ1) is 21.1. The van der Waals surface area contributed by atoms with Crippen molar-refractivity contribution in [3.05, 3.63) is 59.9 Å². The van der Waals surface area contributed by atoms with Gasteiger partial charge in [0.25, 0.3) is 5.91 Å². The zero-order valence-corrected chi connectivity index (χ0v) is 17.3. The Morgan fingerprint density at radius 3 is 2.58 bits per heavy atom. The molecule has 3 N–H and O–H groups in total. The monoisotopic (exact) mass is 447 g/mol. The predicted octanol–water partition coefficient (Wildman–Crippen LogP) is 4.51. The van der Waals surface area contributed by atoms with Gasteiger partial charge < -0.3 is 5.32 Å². The number of carbonyl (C=O) groups excluding carboxylic acids is 1. The molecule has 1 aromatic heterocycles. The van der Waals surface area contributed by atoms with Gasteiger partial charge >= 0.3 is 6.18 Å². The van der Waals surface area contributed by atoms with E-state index in [2.05, 4.69) is 21.3 Å². The predicted molar refractivity (Wildman–Crippen MR) is 115 cm³/mol. The second kappa shape index (κ2) is 8.18. The van der Waals surface area contributed by atoms with E-state index in [1.165, 1.54) is 6.92 Å². The van der Waals surface area contributed by atoms with E-state index in [4.69, 9.17) is 12.2 Å². The Bertz CT molecular complexity index is 1130. The number of benzene rings is 2. The van der Waals surface area contributed by atoms with Gasteiger partial charge in [0.2, 0.25) is 0 Å². The maximum atomic E-state index is 13.1. The smallest absolute Gasteiger partial charge is 0.331 e. The van der Waals surface area contributed by atoms with Crippen LogP contribution in [0.25, 0.3) is 10.8 Å². The van der Waals surface area contributed by atoms with Gasteiger partial charge in [0, 0.05) is 22.7 Å². The molecule has 4 rings (SSSR count). The average molecular weight is 447 g/mol. The summed E-state index contributed by atoms with van der Waals surface area (Å²) in [4.78, 5) is 12.6. The molecule has 2 aromatic carbocycles. The number of hydrogen-bond acceptors (Lipinski definition) is 3. The standard InChI is InChI=1S/C21H20F3N5OS/c1-12(29-17(14-9-10-14)11-18(28-29)21(22,23)24)19(30)26-27-20(31)25-16-8-4-6-13-5-2-3-7-15(13)16/h2-8,11-12,14H,9-10H2,1H3,(H,26,30)(H2,25,27,31)/t12-/m0/s1. The SMILES string of the molecule is C[C@@H](C(=O)NNC(=S)Nc1cccc2ccccc12)n1nc(C(F)(F)F)cc1C1CC1. The number of hydrogen-bond donors (Lipinski definition) is 3. The number of amides is 1. The lowest BCUT2D eigenvalue weighted by Gasteiger charge is -2.18. The first-order chi connectivity index (χ1) is 14.7. The van der Waals surface area contributed by atoms with Crippen LogP contribution in [0.1, 0.15) is 43.1 Å². The molecule has 0 bridgehead atoms. The second-order valence-electron chi connectivity index (χ2n) is 7.44. The first-order valence-corrected chi connectivity index (χ1v) is 10.2. The van der Waals surface area contributed by atoms with Crippen molar-refractivity contribution in [2.45, 2.75) is 37.9 Å². The zero-order chi connectivity index (χ0) is 22.2. The fourth-order valence-corrected chi connectivity index (χ4v) is 3.52. The summed E-state index contributed by atoms with van der Waals surface area (Å²) in [7, 11) is 0. The van der Waals surface area contributed by atoms with Crippen molar-refractivity contribution in [2.24, 2.45) is 0 Å². The van der Waals surface area contributed by atoms with Gasteiger partial charge in [0.1, 0.15) is 6.04 Å². The van der Waals surface area contributed by atoms with Crippen molar-refractivity contribution in [2.75, 3.05) is 5.32 Å². The molecule has 1 heterocycles. The Morgan fingerprint density at radius 2 is 1.87 bits per heavy atom. The molecule has 1 saturated carbocycles. The van der Waals surface area contributed by atoms with Crippen LogP contribution in [0.4, 0.5) is 18.9 Å². The van der Waals surface area contributed by atoms with Crippen LogP contribution in [0.2, 0.25) is 0 Å². The summed E-state index contributed by atoms with van der Waals surface area (Å²) in [5.41, 5.74) is 5.25. The third kappa shape index (κ3) is 4.63. The number of halogens is 3. The fraction of sp³-hybridized carbons (Fsp3) is 0.286. The minimum Gasteiger partial charge on any atom is -0.331 e. The highest BCUT2D eigenvalue weighted by Gasteiger charge is 2.39. The van der Waals surface area contributed by atoms with Crippen molar-refractivity contribution in [3.63, 3.8) is 0 Å². The minimum atomic E-state index is -4.56. The van der Waals surface area contributed by atoms with Crippen LogP contribution in [0, 0.1) is 0 Å². The van der Waals surface area contributed by atoms with Crippen LogP contribution in [0.15, 0.2) is 48.5 Å². The highest BCUT2D eigenvalue weighted by Crippen LogP contribution is 2.42. The van der Waals surface area contributed by atoms with Gasteiger partial charge in [-0.3, -0.25) is 20.3 Å². The van der Waals surface area contributed by atoms with E-state index >= 15 is 0 Å². The Hall–Kier alpha value is -3.14. The van der Waals surface area contributed by atoms with E-state index in [0.717, 1.165) is 40.0 Å². The molecule has 10 heteroatoms. The van der Waals surface area contributed by atoms with Gasteiger partial charge in [0.05, 0.1) is 0 Å². The molecular weight excluding hydrogens is 427 g/mol. The number of thiocarbonyl (C=S) groups is 1. The van der Waals surface area contributed by atoms with Crippen LogP contribution in [0.5, 0.6) is 0 Å². The van der Waals surface area contributed by atoms with Gasteiger partial charge in [-0.25, -0.2) is 0 Å². The van der Waals surface area contributed by atoms with Crippen LogP contribution in [0.3, 0.4) is 0 Å². The van der Waals surface area contributed by atoms with E-state index in [9.17, 15) is 18.0 Å². The van der Waals surface area contributed by atoms with Crippen LogP contribution >= 0.6 is 12.2 Å². The van der Waals surface area contributed by atoms with Gasteiger partial charge in [-0.1, -0.05) is 36.4 Å². The highest BCUT2D eigenvalue weighted by molar-refractivity contribution is 7.80. The second-order valence-corrected chi connectivity index (χ2v) is 7.85. The first-order valence-electron chi connectivity index (χ1n) is 9.75. The van der Waals surface area contributed by atoms with Gasteiger partial charge in [-0.05, 0) is 49.5 Å². The third-order valence-electron chi connectivity index (χ3n) is 5.13. The zero-order valence-electron chi connectivity index (χ0n) is 16.5. The molecule has 1 fully saturated rings. The number of nitrogens with one attached hydrogen (secondary N) is 3. The van der Waals surface area contributed by atoms with Crippen LogP contribution in [-0.4, -0.2) is 20.8 Å². The molecule has 0 radical (unpaired) electrons. The molecule has 0 unspecified atom stereocenters. The number of alkyl halides is 3. The van der Waals surface area contributed by atoms with Crippen molar-refractivity contribution >= 4 is 39.7 Å². The summed E-state index contributed by atoms with van der Waals surface area (Å²) in [6.45, 7) is 1.50. The summed E-state index contributed by atoms with van der Waals surface area (Å²) >= 11 is 5.24. The number of hydrazine groups is 1. The maximum Gasteiger partial charge on any atom is 0.435 e. The number of nitrogens with zero attached hydrogens (tertiary/aromatic N) is 2. The summed E-state index contributed by atoms with van der Waals surface area (Å²) < 4.78 is 40.4. The van der Waals surface area contributed by atoms with Gasteiger partial charge in [-0.2, -0.15) is 18.3 Å². The topological polar surface area (TPSA) is 71.0 Å². The van der Waals surface area contributed by atoms with Crippen LogP contribution < -0.4 is 16.2 Å². The lowest BCUT2D eigenvalue weighted by molar-refractivity contribution is -0.142. The number of anilines is 1. The molecule has 6 nitrogen and oxygen atoms in total. The van der Waals surface area contributed by atoms with E-state index in [-0.39, 0.29) is 11.0 Å². The normalized spacial score (nSPS) is 14.8. The van der Waals surface area contributed by atoms with Crippen molar-refractivity contribution < 1.29 is 18.0 Å².